The molecule has 0 saturated carbocycles. The highest BCUT2D eigenvalue weighted by molar-refractivity contribution is 7.09. The van der Waals surface area contributed by atoms with E-state index in [4.69, 9.17) is 5.11 Å². The Balaban J connectivity index is 2.12. The van der Waals surface area contributed by atoms with Crippen molar-refractivity contribution in [2.24, 2.45) is 0 Å². The molecular weight excluding hydrogens is 246 g/mol. The van der Waals surface area contributed by atoms with Crippen LogP contribution < -0.4 is 5.32 Å². The van der Waals surface area contributed by atoms with Gasteiger partial charge in [0, 0.05) is 17.7 Å². The topological polar surface area (TPSA) is 118 Å². The molecule has 2 N–H and O–H groups in total. The smallest absolute Gasteiger partial charge is 0.354 e. The molecule has 2 rings (SSSR count). The second-order valence-electron chi connectivity index (χ2n) is 2.86. The Morgan fingerprint density at radius 1 is 1.35 bits per heavy atom. The third-order valence-corrected chi connectivity index (χ3v) is 2.28. The number of carbonyl (C=O) groups excluding carboxylic acids is 1. The second-order valence-corrected chi connectivity index (χ2v) is 3.59. The molecule has 1 amide bonds. The molecular formula is C8H5N5O3S. The number of nitrogens with zero attached hydrogens (tertiary/aromatic N) is 4. The van der Waals surface area contributed by atoms with Crippen LogP contribution in [0.3, 0.4) is 0 Å². The fourth-order valence-electron chi connectivity index (χ4n) is 1.01. The van der Waals surface area contributed by atoms with Crippen LogP contribution in [-0.2, 0) is 0 Å². The molecule has 0 fully saturated rings. The average Bonchev–Trinajstić information content (AvgIpc) is 2.82. The van der Waals surface area contributed by atoms with E-state index >= 15 is 0 Å². The van der Waals surface area contributed by atoms with E-state index in [1.807, 2.05) is 0 Å². The van der Waals surface area contributed by atoms with Crippen LogP contribution in [0.15, 0.2) is 18.3 Å². The minimum Gasteiger partial charge on any atom is -0.477 e. The molecule has 0 radical (unpaired) electrons. The molecule has 86 valence electrons. The zero-order valence-electron chi connectivity index (χ0n) is 8.19. The summed E-state index contributed by atoms with van der Waals surface area (Å²) in [5.74, 6) is -1.60. The average molecular weight is 251 g/mol. The van der Waals surface area contributed by atoms with Gasteiger partial charge in [0.2, 0.25) is 5.13 Å². The van der Waals surface area contributed by atoms with Gasteiger partial charge in [-0.25, -0.2) is 9.78 Å². The molecule has 17 heavy (non-hydrogen) atoms. The van der Waals surface area contributed by atoms with E-state index in [-0.39, 0.29) is 16.4 Å². The number of pyridine rings is 1. The number of anilines is 1. The first kappa shape index (κ1) is 11.1. The van der Waals surface area contributed by atoms with Gasteiger partial charge in [0.15, 0.2) is 0 Å². The lowest BCUT2D eigenvalue weighted by atomic mass is 10.2. The number of carboxylic acid groups (broad SMARTS) is 1. The molecule has 8 nitrogen and oxygen atoms in total. The molecule has 2 aromatic rings. The standard InChI is InChI=1S/C8H5N5O3S/c14-6(10-8-11-12-13-17-8)4-1-2-5(7(15)16)9-3-4/h1-3H,(H,15,16)(H,10,11,13,14). The minimum absolute atomic E-state index is 0.126. The van der Waals surface area contributed by atoms with Crippen molar-refractivity contribution in [2.75, 3.05) is 5.32 Å². The molecule has 0 unspecified atom stereocenters. The molecule has 0 atom stereocenters. The van der Waals surface area contributed by atoms with E-state index in [1.54, 1.807) is 0 Å². The van der Waals surface area contributed by atoms with Gasteiger partial charge in [-0.2, -0.15) is 0 Å². The lowest BCUT2D eigenvalue weighted by Gasteiger charge is -2.00. The van der Waals surface area contributed by atoms with Gasteiger partial charge in [0.1, 0.15) is 5.69 Å². The number of hydrogen-bond acceptors (Lipinski definition) is 7. The van der Waals surface area contributed by atoms with Crippen molar-refractivity contribution in [1.82, 2.24) is 19.8 Å². The predicted octanol–water partition coefficient (Wildman–Crippen LogP) is 0.279. The van der Waals surface area contributed by atoms with Crippen LogP contribution in [0, 0.1) is 0 Å². The van der Waals surface area contributed by atoms with Crippen molar-refractivity contribution in [1.29, 1.82) is 0 Å². The van der Waals surface area contributed by atoms with E-state index in [9.17, 15) is 9.59 Å². The summed E-state index contributed by atoms with van der Waals surface area (Å²) in [6.07, 6.45) is 1.17. The Bertz CT molecular complexity index is 539. The first-order valence-electron chi connectivity index (χ1n) is 4.32. The zero-order valence-corrected chi connectivity index (χ0v) is 9.01. The summed E-state index contributed by atoms with van der Waals surface area (Å²) >= 11 is 0.935. The zero-order chi connectivity index (χ0) is 12.3. The Labute approximate surface area is 98.5 Å². The molecule has 2 heterocycles. The summed E-state index contributed by atoms with van der Waals surface area (Å²) in [5, 5.41) is 18.2. The fourth-order valence-corrected chi connectivity index (χ4v) is 1.37. The van der Waals surface area contributed by atoms with Crippen LogP contribution in [0.1, 0.15) is 20.8 Å². The Kier molecular flexibility index (Phi) is 3.01. The molecule has 2 aromatic heterocycles. The maximum atomic E-state index is 11.6. The normalized spacial score (nSPS) is 9.88. The Morgan fingerprint density at radius 3 is 2.71 bits per heavy atom. The third kappa shape index (κ3) is 2.58. The maximum absolute atomic E-state index is 11.6. The van der Waals surface area contributed by atoms with Gasteiger partial charge in [-0.3, -0.25) is 10.1 Å². The molecule has 0 aliphatic rings. The van der Waals surface area contributed by atoms with Crippen molar-refractivity contribution < 1.29 is 14.7 Å². The number of amides is 1. The molecule has 0 aliphatic carbocycles. The Morgan fingerprint density at radius 2 is 2.18 bits per heavy atom. The molecule has 0 aromatic carbocycles. The molecule has 0 spiro atoms. The highest BCUT2D eigenvalue weighted by Gasteiger charge is 2.10. The molecule has 0 saturated heterocycles. The summed E-state index contributed by atoms with van der Waals surface area (Å²) in [6.45, 7) is 0. The number of carbonyl (C=O) groups is 2. The van der Waals surface area contributed by atoms with Crippen LogP contribution in [0.4, 0.5) is 5.13 Å². The van der Waals surface area contributed by atoms with Gasteiger partial charge in [-0.05, 0) is 17.3 Å². The lowest BCUT2D eigenvalue weighted by molar-refractivity contribution is 0.0690. The third-order valence-electron chi connectivity index (χ3n) is 1.76. The lowest BCUT2D eigenvalue weighted by Crippen LogP contribution is -2.12. The highest BCUT2D eigenvalue weighted by atomic mass is 32.1. The monoisotopic (exact) mass is 251 g/mol. The van der Waals surface area contributed by atoms with E-state index in [2.05, 4.69) is 25.1 Å². The van der Waals surface area contributed by atoms with Crippen LogP contribution in [0.2, 0.25) is 0 Å². The number of nitrogens with one attached hydrogen (secondary N) is 1. The van der Waals surface area contributed by atoms with E-state index < -0.39 is 11.9 Å². The molecule has 9 heteroatoms. The number of rotatable bonds is 3. The molecule has 0 bridgehead atoms. The van der Waals surface area contributed by atoms with Crippen molar-refractivity contribution >= 4 is 28.5 Å². The highest BCUT2D eigenvalue weighted by Crippen LogP contribution is 2.08. The predicted molar refractivity (Wildman–Crippen MR) is 56.9 cm³/mol. The SMILES string of the molecule is O=C(Nc1nnns1)c1ccc(C(=O)O)nc1. The summed E-state index contributed by atoms with van der Waals surface area (Å²) in [4.78, 5) is 25.8. The van der Waals surface area contributed by atoms with Gasteiger partial charge in [-0.1, -0.05) is 9.59 Å². The fraction of sp³-hybridized carbons (Fsp3) is 0. The van der Waals surface area contributed by atoms with Crippen molar-refractivity contribution in [3.05, 3.63) is 29.6 Å². The first-order valence-corrected chi connectivity index (χ1v) is 5.10. The Hall–Kier alpha value is -2.42. The largest absolute Gasteiger partial charge is 0.477 e. The molecule has 0 aliphatic heterocycles. The van der Waals surface area contributed by atoms with Gasteiger partial charge in [0.25, 0.3) is 5.91 Å². The number of carboxylic acids is 1. The van der Waals surface area contributed by atoms with Gasteiger partial charge in [0.05, 0.1) is 5.56 Å². The van der Waals surface area contributed by atoms with Crippen LogP contribution >= 0.6 is 11.5 Å². The van der Waals surface area contributed by atoms with Crippen LogP contribution in [-0.4, -0.2) is 36.8 Å². The van der Waals surface area contributed by atoms with Crippen molar-refractivity contribution in [3.63, 3.8) is 0 Å². The number of aromatic carboxylic acids is 1. The van der Waals surface area contributed by atoms with E-state index in [1.165, 1.54) is 18.3 Å². The van der Waals surface area contributed by atoms with E-state index in [0.29, 0.717) is 0 Å². The van der Waals surface area contributed by atoms with Gasteiger partial charge in [-0.15, -0.1) is 0 Å². The summed E-state index contributed by atoms with van der Waals surface area (Å²) < 4.78 is 3.48. The minimum atomic E-state index is -1.15. The summed E-state index contributed by atoms with van der Waals surface area (Å²) in [5.41, 5.74) is 0.101. The maximum Gasteiger partial charge on any atom is 0.354 e. The van der Waals surface area contributed by atoms with Gasteiger partial charge < -0.3 is 5.11 Å². The van der Waals surface area contributed by atoms with Crippen molar-refractivity contribution in [2.45, 2.75) is 0 Å². The second kappa shape index (κ2) is 4.61. The first-order chi connectivity index (χ1) is 8.16. The van der Waals surface area contributed by atoms with Crippen LogP contribution in [0.5, 0.6) is 0 Å². The van der Waals surface area contributed by atoms with E-state index in [0.717, 1.165) is 11.5 Å². The quantitative estimate of drug-likeness (QED) is 0.804. The number of aromatic nitrogens is 4. The van der Waals surface area contributed by atoms with Crippen molar-refractivity contribution in [3.8, 4) is 0 Å². The summed E-state index contributed by atoms with van der Waals surface area (Å²) in [6, 6.07) is 2.61. The van der Waals surface area contributed by atoms with Crippen LogP contribution in [0.25, 0.3) is 0 Å². The summed E-state index contributed by atoms with van der Waals surface area (Å²) in [7, 11) is 0. The number of hydrogen-bond donors (Lipinski definition) is 2. The van der Waals surface area contributed by atoms with Gasteiger partial charge >= 0.3 is 5.97 Å².